The average Bonchev–Trinajstić information content (AvgIpc) is 2.32. The number of benzene rings is 1. The molecule has 0 bridgehead atoms. The number of hydrogen-bond acceptors (Lipinski definition) is 1. The quantitative estimate of drug-likeness (QED) is 0.710. The SMILES string of the molecule is CC(C)N(CCCCl)C(=O)c1cccc(Br)c1Cl. The average molecular weight is 353 g/mol. The summed E-state index contributed by atoms with van der Waals surface area (Å²) in [6.45, 7) is 4.61. The van der Waals surface area contributed by atoms with Gasteiger partial charge in [0, 0.05) is 22.9 Å². The molecule has 0 aliphatic carbocycles. The van der Waals surface area contributed by atoms with E-state index in [4.69, 9.17) is 23.2 Å². The van der Waals surface area contributed by atoms with E-state index in [1.165, 1.54) is 0 Å². The van der Waals surface area contributed by atoms with Gasteiger partial charge in [-0.3, -0.25) is 4.79 Å². The normalized spacial score (nSPS) is 10.8. The third-order valence-electron chi connectivity index (χ3n) is 2.60. The minimum Gasteiger partial charge on any atom is -0.336 e. The van der Waals surface area contributed by atoms with E-state index in [0.29, 0.717) is 23.0 Å². The molecule has 0 aliphatic heterocycles. The number of amides is 1. The molecule has 0 spiro atoms. The number of carbonyl (C=O) groups is 1. The Labute approximate surface area is 126 Å². The monoisotopic (exact) mass is 351 g/mol. The lowest BCUT2D eigenvalue weighted by atomic mass is 10.1. The Morgan fingerprint density at radius 2 is 2.11 bits per heavy atom. The summed E-state index contributed by atoms with van der Waals surface area (Å²) in [5, 5.41) is 0.457. The molecule has 0 atom stereocenters. The number of nitrogens with zero attached hydrogens (tertiary/aromatic N) is 1. The van der Waals surface area contributed by atoms with Crippen molar-refractivity contribution < 1.29 is 4.79 Å². The maximum Gasteiger partial charge on any atom is 0.255 e. The molecular weight excluding hydrogens is 337 g/mol. The molecule has 0 fully saturated rings. The fourth-order valence-electron chi connectivity index (χ4n) is 1.65. The zero-order valence-electron chi connectivity index (χ0n) is 10.4. The highest BCUT2D eigenvalue weighted by atomic mass is 79.9. The van der Waals surface area contributed by atoms with Gasteiger partial charge < -0.3 is 4.90 Å². The molecule has 0 saturated heterocycles. The molecule has 1 aromatic rings. The van der Waals surface area contributed by atoms with Crippen LogP contribution in [0.5, 0.6) is 0 Å². The maximum atomic E-state index is 12.4. The lowest BCUT2D eigenvalue weighted by Gasteiger charge is -2.27. The fraction of sp³-hybridized carbons (Fsp3) is 0.462. The molecule has 5 heteroatoms. The highest BCUT2D eigenvalue weighted by molar-refractivity contribution is 9.10. The minimum absolute atomic E-state index is 0.0542. The number of hydrogen-bond donors (Lipinski definition) is 0. The first kappa shape index (κ1) is 15.8. The molecule has 0 radical (unpaired) electrons. The molecule has 1 rings (SSSR count). The molecule has 0 N–H and O–H groups in total. The molecule has 0 aliphatic rings. The predicted octanol–water partition coefficient (Wildman–Crippen LogP) is 4.58. The van der Waals surface area contributed by atoms with Gasteiger partial charge in [-0.2, -0.15) is 0 Å². The van der Waals surface area contributed by atoms with Crippen molar-refractivity contribution in [2.45, 2.75) is 26.3 Å². The summed E-state index contributed by atoms with van der Waals surface area (Å²) in [4.78, 5) is 14.2. The number of carbonyl (C=O) groups excluding carboxylic acids is 1. The Morgan fingerprint density at radius 1 is 1.44 bits per heavy atom. The van der Waals surface area contributed by atoms with Crippen molar-refractivity contribution in [1.82, 2.24) is 4.90 Å². The highest BCUT2D eigenvalue weighted by Crippen LogP contribution is 2.27. The Morgan fingerprint density at radius 3 is 2.67 bits per heavy atom. The fourth-order valence-corrected chi connectivity index (χ4v) is 2.34. The molecular formula is C13H16BrCl2NO. The van der Waals surface area contributed by atoms with Crippen LogP contribution in [0.15, 0.2) is 22.7 Å². The summed E-state index contributed by atoms with van der Waals surface area (Å²) >= 11 is 15.2. The van der Waals surface area contributed by atoms with E-state index in [-0.39, 0.29) is 11.9 Å². The van der Waals surface area contributed by atoms with E-state index in [9.17, 15) is 4.79 Å². The Kier molecular flexibility index (Phi) is 6.47. The highest BCUT2D eigenvalue weighted by Gasteiger charge is 2.21. The van der Waals surface area contributed by atoms with Gasteiger partial charge in [-0.1, -0.05) is 17.7 Å². The zero-order chi connectivity index (χ0) is 13.7. The van der Waals surface area contributed by atoms with Gasteiger partial charge in [-0.15, -0.1) is 11.6 Å². The second-order valence-corrected chi connectivity index (χ2v) is 5.85. The maximum absolute atomic E-state index is 12.4. The largest absolute Gasteiger partial charge is 0.336 e. The lowest BCUT2D eigenvalue weighted by Crippen LogP contribution is -2.38. The summed E-state index contributed by atoms with van der Waals surface area (Å²) < 4.78 is 0.732. The molecule has 0 heterocycles. The first-order valence-corrected chi connectivity index (χ1v) is 7.50. The van der Waals surface area contributed by atoms with Crippen LogP contribution in [0, 0.1) is 0 Å². The van der Waals surface area contributed by atoms with Crippen molar-refractivity contribution in [1.29, 1.82) is 0 Å². The first-order valence-electron chi connectivity index (χ1n) is 5.80. The molecule has 0 unspecified atom stereocenters. The van der Waals surface area contributed by atoms with E-state index in [0.717, 1.165) is 10.9 Å². The van der Waals surface area contributed by atoms with Crippen LogP contribution in [0.3, 0.4) is 0 Å². The number of rotatable bonds is 5. The Balaban J connectivity index is 2.98. The van der Waals surface area contributed by atoms with Gasteiger partial charge in [-0.05, 0) is 48.3 Å². The summed E-state index contributed by atoms with van der Waals surface area (Å²) in [7, 11) is 0. The van der Waals surface area contributed by atoms with Crippen LogP contribution in [0.2, 0.25) is 5.02 Å². The predicted molar refractivity (Wildman–Crippen MR) is 80.7 cm³/mol. The molecule has 0 aromatic heterocycles. The second kappa shape index (κ2) is 7.37. The van der Waals surface area contributed by atoms with Crippen molar-refractivity contribution in [3.8, 4) is 0 Å². The third-order valence-corrected chi connectivity index (χ3v) is 4.16. The molecule has 100 valence electrons. The molecule has 2 nitrogen and oxygen atoms in total. The van der Waals surface area contributed by atoms with Gasteiger partial charge in [0.25, 0.3) is 5.91 Å². The van der Waals surface area contributed by atoms with Crippen LogP contribution >= 0.6 is 39.1 Å². The van der Waals surface area contributed by atoms with Crippen molar-refractivity contribution >= 4 is 45.0 Å². The zero-order valence-corrected chi connectivity index (χ0v) is 13.5. The second-order valence-electron chi connectivity index (χ2n) is 4.24. The summed E-state index contributed by atoms with van der Waals surface area (Å²) in [5.74, 6) is 0.490. The standard InChI is InChI=1S/C13H16BrCl2NO/c1-9(2)17(8-4-7-15)13(18)10-5-3-6-11(14)12(10)16/h3,5-6,9H,4,7-8H2,1-2H3. The van der Waals surface area contributed by atoms with Crippen LogP contribution in [0.25, 0.3) is 0 Å². The minimum atomic E-state index is -0.0542. The van der Waals surface area contributed by atoms with Crippen LogP contribution in [0.1, 0.15) is 30.6 Å². The third kappa shape index (κ3) is 3.87. The van der Waals surface area contributed by atoms with Gasteiger partial charge in [0.05, 0.1) is 10.6 Å². The van der Waals surface area contributed by atoms with Crippen molar-refractivity contribution in [3.63, 3.8) is 0 Å². The molecule has 1 aromatic carbocycles. The van der Waals surface area contributed by atoms with Crippen LogP contribution in [-0.4, -0.2) is 29.3 Å². The van der Waals surface area contributed by atoms with Gasteiger partial charge in [0.2, 0.25) is 0 Å². The van der Waals surface area contributed by atoms with E-state index in [1.807, 2.05) is 26.0 Å². The summed E-state index contributed by atoms with van der Waals surface area (Å²) in [5.41, 5.74) is 0.523. The Hall–Kier alpha value is -0.250. The summed E-state index contributed by atoms with van der Waals surface area (Å²) in [6.07, 6.45) is 0.775. The summed E-state index contributed by atoms with van der Waals surface area (Å²) in [6, 6.07) is 5.49. The topological polar surface area (TPSA) is 20.3 Å². The van der Waals surface area contributed by atoms with Gasteiger partial charge in [0.15, 0.2) is 0 Å². The van der Waals surface area contributed by atoms with Crippen LogP contribution in [0.4, 0.5) is 0 Å². The lowest BCUT2D eigenvalue weighted by molar-refractivity contribution is 0.0706. The van der Waals surface area contributed by atoms with Crippen LogP contribution < -0.4 is 0 Å². The van der Waals surface area contributed by atoms with Gasteiger partial charge in [0.1, 0.15) is 0 Å². The van der Waals surface area contributed by atoms with E-state index in [2.05, 4.69) is 15.9 Å². The van der Waals surface area contributed by atoms with E-state index in [1.54, 1.807) is 11.0 Å². The Bertz CT molecular complexity index is 423. The number of alkyl halides is 1. The van der Waals surface area contributed by atoms with E-state index >= 15 is 0 Å². The van der Waals surface area contributed by atoms with E-state index < -0.39 is 0 Å². The van der Waals surface area contributed by atoms with Gasteiger partial charge >= 0.3 is 0 Å². The van der Waals surface area contributed by atoms with Gasteiger partial charge in [-0.25, -0.2) is 0 Å². The molecule has 0 saturated carbocycles. The van der Waals surface area contributed by atoms with Crippen molar-refractivity contribution in [3.05, 3.63) is 33.3 Å². The molecule has 1 amide bonds. The van der Waals surface area contributed by atoms with Crippen molar-refractivity contribution in [2.75, 3.05) is 12.4 Å². The van der Waals surface area contributed by atoms with Crippen LogP contribution in [-0.2, 0) is 0 Å². The molecule has 18 heavy (non-hydrogen) atoms. The first-order chi connectivity index (χ1) is 8.49. The van der Waals surface area contributed by atoms with Crippen molar-refractivity contribution in [2.24, 2.45) is 0 Å². The number of halogens is 3. The smallest absolute Gasteiger partial charge is 0.255 e.